The maximum absolute atomic E-state index is 11.7. The minimum absolute atomic E-state index is 0.0168. The van der Waals surface area contributed by atoms with Crippen molar-refractivity contribution in [1.82, 2.24) is 10.2 Å². The number of nitrogens with one attached hydrogen (secondary N) is 1. The first-order chi connectivity index (χ1) is 7.90. The minimum atomic E-state index is -0.563. The Morgan fingerprint density at radius 3 is 2.47 bits per heavy atom. The minimum Gasteiger partial charge on any atom is -0.383 e. The van der Waals surface area contributed by atoms with E-state index in [0.717, 1.165) is 0 Å². The van der Waals surface area contributed by atoms with Crippen LogP contribution in [0.15, 0.2) is 0 Å². The molecule has 1 unspecified atom stereocenters. The molecule has 6 nitrogen and oxygen atoms in total. The molecule has 0 aromatic carbocycles. The fourth-order valence-corrected chi connectivity index (χ4v) is 1.18. The number of rotatable bonds is 7. The quantitative estimate of drug-likeness (QED) is 0.575. The van der Waals surface area contributed by atoms with E-state index in [9.17, 15) is 9.59 Å². The molecule has 0 aromatic rings. The van der Waals surface area contributed by atoms with Gasteiger partial charge in [-0.15, -0.1) is 0 Å². The molecule has 0 saturated carbocycles. The van der Waals surface area contributed by atoms with Gasteiger partial charge < -0.3 is 20.7 Å². The zero-order valence-corrected chi connectivity index (χ0v) is 11.0. The second-order valence-corrected chi connectivity index (χ2v) is 4.31. The monoisotopic (exact) mass is 245 g/mol. The number of nitrogens with two attached hydrogens (primary N) is 1. The van der Waals surface area contributed by atoms with Gasteiger partial charge in [-0.2, -0.15) is 0 Å². The van der Waals surface area contributed by atoms with Crippen LogP contribution in [0.4, 0.5) is 0 Å². The highest BCUT2D eigenvalue weighted by Gasteiger charge is 2.22. The molecule has 100 valence electrons. The lowest BCUT2D eigenvalue weighted by Crippen LogP contribution is -2.48. The first-order valence-corrected chi connectivity index (χ1v) is 5.66. The Hall–Kier alpha value is -1.14. The van der Waals surface area contributed by atoms with Gasteiger partial charge in [0.2, 0.25) is 11.8 Å². The van der Waals surface area contributed by atoms with E-state index in [1.165, 1.54) is 4.90 Å². The van der Waals surface area contributed by atoms with Gasteiger partial charge in [-0.3, -0.25) is 9.59 Å². The van der Waals surface area contributed by atoms with Crippen LogP contribution in [-0.4, -0.2) is 56.6 Å². The van der Waals surface area contributed by atoms with E-state index in [2.05, 4.69) is 5.32 Å². The predicted octanol–water partition coefficient (Wildman–Crippen LogP) is -0.809. The fourth-order valence-electron chi connectivity index (χ4n) is 1.18. The summed E-state index contributed by atoms with van der Waals surface area (Å²) >= 11 is 0. The summed E-state index contributed by atoms with van der Waals surface area (Å²) < 4.78 is 4.80. The second-order valence-electron chi connectivity index (χ2n) is 4.31. The standard InChI is InChI=1S/C11H23N3O3/c1-8(2)10(12)11(16)14(3)7-9(15)13-5-6-17-4/h8,10H,5-7,12H2,1-4H3,(H,13,15). The predicted molar refractivity (Wildman–Crippen MR) is 65.3 cm³/mol. The van der Waals surface area contributed by atoms with E-state index in [-0.39, 0.29) is 24.3 Å². The summed E-state index contributed by atoms with van der Waals surface area (Å²) in [4.78, 5) is 24.5. The molecule has 2 amide bonds. The molecule has 0 aliphatic rings. The first kappa shape index (κ1) is 15.9. The van der Waals surface area contributed by atoms with Crippen LogP contribution in [0.5, 0.6) is 0 Å². The van der Waals surface area contributed by atoms with Gasteiger partial charge in [0.15, 0.2) is 0 Å². The van der Waals surface area contributed by atoms with Gasteiger partial charge >= 0.3 is 0 Å². The number of nitrogens with zero attached hydrogens (tertiary/aromatic N) is 1. The summed E-state index contributed by atoms with van der Waals surface area (Å²) in [6.45, 7) is 4.65. The van der Waals surface area contributed by atoms with Crippen molar-refractivity contribution in [3.63, 3.8) is 0 Å². The average Bonchev–Trinajstić information content (AvgIpc) is 2.27. The van der Waals surface area contributed by atoms with Crippen molar-refractivity contribution < 1.29 is 14.3 Å². The highest BCUT2D eigenvalue weighted by molar-refractivity contribution is 5.87. The van der Waals surface area contributed by atoms with Crippen molar-refractivity contribution in [2.45, 2.75) is 19.9 Å². The van der Waals surface area contributed by atoms with Gasteiger partial charge in [0.1, 0.15) is 0 Å². The summed E-state index contributed by atoms with van der Waals surface area (Å²) in [5.41, 5.74) is 5.72. The zero-order valence-electron chi connectivity index (χ0n) is 11.0. The topological polar surface area (TPSA) is 84.7 Å². The molecule has 0 spiro atoms. The van der Waals surface area contributed by atoms with Crippen molar-refractivity contribution in [2.75, 3.05) is 33.9 Å². The molecule has 0 aliphatic heterocycles. The Balaban J connectivity index is 4.03. The average molecular weight is 245 g/mol. The molecule has 0 radical (unpaired) electrons. The molecule has 0 heterocycles. The van der Waals surface area contributed by atoms with Gasteiger partial charge in [0, 0.05) is 20.7 Å². The number of likely N-dealkylation sites (N-methyl/N-ethyl adjacent to an activating group) is 1. The summed E-state index contributed by atoms with van der Waals surface area (Å²) in [7, 11) is 3.13. The third-order valence-electron chi connectivity index (χ3n) is 2.39. The van der Waals surface area contributed by atoms with Crippen molar-refractivity contribution in [3.05, 3.63) is 0 Å². The van der Waals surface area contributed by atoms with Crippen LogP contribution in [0, 0.1) is 5.92 Å². The molecule has 3 N–H and O–H groups in total. The number of amides is 2. The lowest BCUT2D eigenvalue weighted by Gasteiger charge is -2.22. The van der Waals surface area contributed by atoms with E-state index in [1.54, 1.807) is 14.2 Å². The van der Waals surface area contributed by atoms with E-state index < -0.39 is 6.04 Å². The molecule has 0 fully saturated rings. The number of carbonyl (C=O) groups is 2. The smallest absolute Gasteiger partial charge is 0.239 e. The first-order valence-electron chi connectivity index (χ1n) is 5.66. The number of hydrogen-bond donors (Lipinski definition) is 2. The van der Waals surface area contributed by atoms with Crippen molar-refractivity contribution >= 4 is 11.8 Å². The largest absolute Gasteiger partial charge is 0.383 e. The number of carbonyl (C=O) groups excluding carboxylic acids is 2. The van der Waals surface area contributed by atoms with Crippen molar-refractivity contribution in [3.8, 4) is 0 Å². The van der Waals surface area contributed by atoms with Gasteiger partial charge in [0.25, 0.3) is 0 Å². The van der Waals surface area contributed by atoms with Gasteiger partial charge in [-0.1, -0.05) is 13.8 Å². The number of methoxy groups -OCH3 is 1. The molecule has 0 aliphatic carbocycles. The second kappa shape index (κ2) is 8.03. The normalized spacial score (nSPS) is 12.4. The highest BCUT2D eigenvalue weighted by Crippen LogP contribution is 2.01. The molecular formula is C11H23N3O3. The Morgan fingerprint density at radius 2 is 2.00 bits per heavy atom. The Morgan fingerprint density at radius 1 is 1.41 bits per heavy atom. The summed E-state index contributed by atoms with van der Waals surface area (Å²) in [6, 6.07) is -0.563. The maximum Gasteiger partial charge on any atom is 0.239 e. The van der Waals surface area contributed by atoms with E-state index in [1.807, 2.05) is 13.8 Å². The van der Waals surface area contributed by atoms with Crippen LogP contribution in [0.2, 0.25) is 0 Å². The molecule has 17 heavy (non-hydrogen) atoms. The molecule has 0 bridgehead atoms. The van der Waals surface area contributed by atoms with E-state index >= 15 is 0 Å². The molecular weight excluding hydrogens is 222 g/mol. The fraction of sp³-hybridized carbons (Fsp3) is 0.818. The highest BCUT2D eigenvalue weighted by atomic mass is 16.5. The van der Waals surface area contributed by atoms with Gasteiger partial charge in [-0.05, 0) is 5.92 Å². The number of hydrogen-bond acceptors (Lipinski definition) is 4. The lowest BCUT2D eigenvalue weighted by atomic mass is 10.0. The van der Waals surface area contributed by atoms with Crippen molar-refractivity contribution in [2.24, 2.45) is 11.7 Å². The van der Waals surface area contributed by atoms with Crippen LogP contribution in [0.1, 0.15) is 13.8 Å². The van der Waals surface area contributed by atoms with Crippen LogP contribution in [0.3, 0.4) is 0 Å². The van der Waals surface area contributed by atoms with Crippen LogP contribution >= 0.6 is 0 Å². The van der Waals surface area contributed by atoms with Crippen LogP contribution in [-0.2, 0) is 14.3 Å². The molecule has 6 heteroatoms. The van der Waals surface area contributed by atoms with Gasteiger partial charge in [0.05, 0.1) is 19.2 Å². The Bertz CT molecular complexity index is 256. The molecule has 0 rings (SSSR count). The van der Waals surface area contributed by atoms with Gasteiger partial charge in [-0.25, -0.2) is 0 Å². The summed E-state index contributed by atoms with van der Waals surface area (Å²) in [5.74, 6) is -0.378. The number of ether oxygens (including phenoxy) is 1. The molecule has 1 atom stereocenters. The third kappa shape index (κ3) is 6.23. The van der Waals surface area contributed by atoms with Crippen LogP contribution < -0.4 is 11.1 Å². The van der Waals surface area contributed by atoms with E-state index in [4.69, 9.17) is 10.5 Å². The zero-order chi connectivity index (χ0) is 13.4. The molecule has 0 saturated heterocycles. The SMILES string of the molecule is COCCNC(=O)CN(C)C(=O)C(N)C(C)C. The Labute approximate surface area is 102 Å². The third-order valence-corrected chi connectivity index (χ3v) is 2.39. The summed E-state index contributed by atoms with van der Waals surface area (Å²) in [6.07, 6.45) is 0. The van der Waals surface area contributed by atoms with E-state index in [0.29, 0.717) is 13.2 Å². The maximum atomic E-state index is 11.7. The lowest BCUT2D eigenvalue weighted by molar-refractivity contribution is -0.136. The van der Waals surface area contributed by atoms with Crippen LogP contribution in [0.25, 0.3) is 0 Å². The van der Waals surface area contributed by atoms with Crippen molar-refractivity contribution in [1.29, 1.82) is 0 Å². The molecule has 0 aromatic heterocycles. The summed E-state index contributed by atoms with van der Waals surface area (Å²) in [5, 5.41) is 2.64. The Kier molecular flexibility index (Phi) is 7.49.